The zero-order chi connectivity index (χ0) is 12.3. The highest BCUT2D eigenvalue weighted by molar-refractivity contribution is 5.43. The van der Waals surface area contributed by atoms with Crippen LogP contribution in [0.15, 0.2) is 18.2 Å². The highest BCUT2D eigenvalue weighted by Gasteiger charge is 2.30. The Morgan fingerprint density at radius 2 is 2.24 bits per heavy atom. The summed E-state index contributed by atoms with van der Waals surface area (Å²) in [6, 6.07) is 6.32. The van der Waals surface area contributed by atoms with Gasteiger partial charge in [0.05, 0.1) is 12.6 Å². The molecule has 1 heterocycles. The van der Waals surface area contributed by atoms with Crippen LogP contribution in [0.5, 0.6) is 5.75 Å². The number of nitrogens with two attached hydrogens (primary N) is 1. The smallest absolute Gasteiger partial charge is 0.124 e. The van der Waals surface area contributed by atoms with E-state index in [4.69, 9.17) is 15.2 Å². The van der Waals surface area contributed by atoms with Crippen molar-refractivity contribution in [3.63, 3.8) is 0 Å². The van der Waals surface area contributed by atoms with Gasteiger partial charge in [0.15, 0.2) is 0 Å². The Balaban J connectivity index is 2.13. The topological polar surface area (TPSA) is 44.5 Å². The van der Waals surface area contributed by atoms with Crippen molar-refractivity contribution < 1.29 is 9.47 Å². The van der Waals surface area contributed by atoms with Crippen molar-refractivity contribution in [2.45, 2.75) is 38.3 Å². The number of fused-ring (bicyclic) bond motifs is 1. The molecule has 0 spiro atoms. The van der Waals surface area contributed by atoms with Crippen molar-refractivity contribution in [2.24, 2.45) is 5.73 Å². The molecule has 1 aliphatic rings. The van der Waals surface area contributed by atoms with Crippen LogP contribution >= 0.6 is 0 Å². The SMILES string of the molecule is CCCC1Oc2ccc(CCOC)cc2C1N. The fourth-order valence-corrected chi connectivity index (χ4v) is 2.30. The lowest BCUT2D eigenvalue weighted by Crippen LogP contribution is -2.24. The van der Waals surface area contributed by atoms with E-state index in [1.54, 1.807) is 7.11 Å². The lowest BCUT2D eigenvalue weighted by molar-refractivity contribution is 0.195. The van der Waals surface area contributed by atoms with Crippen molar-refractivity contribution in [2.75, 3.05) is 13.7 Å². The number of hydrogen-bond acceptors (Lipinski definition) is 3. The van der Waals surface area contributed by atoms with Gasteiger partial charge in [0.2, 0.25) is 0 Å². The van der Waals surface area contributed by atoms with E-state index in [2.05, 4.69) is 19.1 Å². The van der Waals surface area contributed by atoms with Gasteiger partial charge in [-0.3, -0.25) is 0 Å². The molecule has 0 aromatic heterocycles. The fourth-order valence-electron chi connectivity index (χ4n) is 2.30. The van der Waals surface area contributed by atoms with E-state index in [1.807, 2.05) is 6.07 Å². The van der Waals surface area contributed by atoms with E-state index < -0.39 is 0 Å². The zero-order valence-electron chi connectivity index (χ0n) is 10.6. The molecular weight excluding hydrogens is 214 g/mol. The Labute approximate surface area is 103 Å². The van der Waals surface area contributed by atoms with Crippen LogP contribution in [0.4, 0.5) is 0 Å². The molecule has 2 unspecified atom stereocenters. The van der Waals surface area contributed by atoms with Gasteiger partial charge in [-0.05, 0) is 24.5 Å². The van der Waals surface area contributed by atoms with Gasteiger partial charge in [-0.15, -0.1) is 0 Å². The van der Waals surface area contributed by atoms with Gasteiger partial charge < -0.3 is 15.2 Å². The average Bonchev–Trinajstić information content (AvgIpc) is 2.65. The number of ether oxygens (including phenoxy) is 2. The summed E-state index contributed by atoms with van der Waals surface area (Å²) in [5, 5.41) is 0. The molecule has 0 radical (unpaired) electrons. The van der Waals surface area contributed by atoms with Crippen LogP contribution in [0.1, 0.15) is 36.9 Å². The summed E-state index contributed by atoms with van der Waals surface area (Å²) >= 11 is 0. The maximum Gasteiger partial charge on any atom is 0.124 e. The van der Waals surface area contributed by atoms with Crippen molar-refractivity contribution in [3.8, 4) is 5.75 Å². The molecule has 0 fully saturated rings. The standard InChI is InChI=1S/C14H21NO2/c1-3-4-13-14(15)11-9-10(7-8-16-2)5-6-12(11)17-13/h5-6,9,13-14H,3-4,7-8,15H2,1-2H3. The highest BCUT2D eigenvalue weighted by atomic mass is 16.5. The van der Waals surface area contributed by atoms with Gasteiger partial charge in [-0.25, -0.2) is 0 Å². The van der Waals surface area contributed by atoms with Gasteiger partial charge in [0, 0.05) is 12.7 Å². The van der Waals surface area contributed by atoms with Crippen molar-refractivity contribution >= 4 is 0 Å². The lowest BCUT2D eigenvalue weighted by Gasteiger charge is -2.13. The minimum Gasteiger partial charge on any atom is -0.488 e. The van der Waals surface area contributed by atoms with Gasteiger partial charge in [-0.1, -0.05) is 25.5 Å². The minimum absolute atomic E-state index is 0.0208. The first-order valence-electron chi connectivity index (χ1n) is 6.30. The second-order valence-corrected chi connectivity index (χ2v) is 4.59. The lowest BCUT2D eigenvalue weighted by atomic mass is 9.99. The van der Waals surface area contributed by atoms with Crippen LogP contribution in [-0.4, -0.2) is 19.8 Å². The third-order valence-corrected chi connectivity index (χ3v) is 3.28. The molecule has 1 aromatic rings. The normalized spacial score (nSPS) is 22.3. The molecule has 3 heteroatoms. The molecule has 0 saturated heterocycles. The summed E-state index contributed by atoms with van der Waals surface area (Å²) in [5.41, 5.74) is 8.63. The molecule has 2 N–H and O–H groups in total. The summed E-state index contributed by atoms with van der Waals surface area (Å²) in [7, 11) is 1.72. The predicted molar refractivity (Wildman–Crippen MR) is 68.3 cm³/mol. The third kappa shape index (κ3) is 2.61. The molecule has 0 saturated carbocycles. The van der Waals surface area contributed by atoms with Crippen LogP contribution < -0.4 is 10.5 Å². The molecule has 3 nitrogen and oxygen atoms in total. The third-order valence-electron chi connectivity index (χ3n) is 3.28. The van der Waals surface area contributed by atoms with Crippen LogP contribution in [0.3, 0.4) is 0 Å². The molecule has 1 aromatic carbocycles. The van der Waals surface area contributed by atoms with E-state index in [0.29, 0.717) is 0 Å². The Hall–Kier alpha value is -1.06. The summed E-state index contributed by atoms with van der Waals surface area (Å²) < 4.78 is 11.0. The Kier molecular flexibility index (Phi) is 4.02. The molecule has 94 valence electrons. The minimum atomic E-state index is 0.0208. The number of benzene rings is 1. The quantitative estimate of drug-likeness (QED) is 0.852. The maximum atomic E-state index is 6.22. The molecule has 0 amide bonds. The number of hydrogen-bond donors (Lipinski definition) is 1. The van der Waals surface area contributed by atoms with Gasteiger partial charge >= 0.3 is 0 Å². The van der Waals surface area contributed by atoms with Crippen LogP contribution in [-0.2, 0) is 11.2 Å². The number of rotatable bonds is 5. The van der Waals surface area contributed by atoms with Gasteiger partial charge in [0.1, 0.15) is 11.9 Å². The van der Waals surface area contributed by atoms with Crippen molar-refractivity contribution in [1.29, 1.82) is 0 Å². The second kappa shape index (κ2) is 5.52. The van der Waals surface area contributed by atoms with E-state index in [0.717, 1.165) is 37.2 Å². The summed E-state index contributed by atoms with van der Waals surface area (Å²) in [6.07, 6.45) is 3.19. The Bertz CT molecular complexity index is 378. The first-order chi connectivity index (χ1) is 8.26. The van der Waals surface area contributed by atoms with Crippen LogP contribution in [0.2, 0.25) is 0 Å². The molecule has 2 atom stereocenters. The summed E-state index contributed by atoms with van der Waals surface area (Å²) in [6.45, 7) is 2.90. The molecule has 2 rings (SSSR count). The largest absolute Gasteiger partial charge is 0.488 e. The zero-order valence-corrected chi connectivity index (χ0v) is 10.6. The van der Waals surface area contributed by atoms with Crippen molar-refractivity contribution in [1.82, 2.24) is 0 Å². The van der Waals surface area contributed by atoms with E-state index in [1.165, 1.54) is 5.56 Å². The van der Waals surface area contributed by atoms with E-state index in [-0.39, 0.29) is 12.1 Å². The number of methoxy groups -OCH3 is 1. The van der Waals surface area contributed by atoms with Crippen LogP contribution in [0, 0.1) is 0 Å². The summed E-state index contributed by atoms with van der Waals surface area (Å²) in [4.78, 5) is 0. The average molecular weight is 235 g/mol. The predicted octanol–water partition coefficient (Wildman–Crippen LogP) is 2.44. The Morgan fingerprint density at radius 1 is 1.41 bits per heavy atom. The molecular formula is C14H21NO2. The second-order valence-electron chi connectivity index (χ2n) is 4.59. The first-order valence-corrected chi connectivity index (χ1v) is 6.30. The monoisotopic (exact) mass is 235 g/mol. The Morgan fingerprint density at radius 3 is 2.94 bits per heavy atom. The fraction of sp³-hybridized carbons (Fsp3) is 0.571. The molecule has 1 aliphatic heterocycles. The van der Waals surface area contributed by atoms with Gasteiger partial charge in [0.25, 0.3) is 0 Å². The van der Waals surface area contributed by atoms with Crippen LogP contribution in [0.25, 0.3) is 0 Å². The first kappa shape index (κ1) is 12.4. The molecule has 0 bridgehead atoms. The maximum absolute atomic E-state index is 6.22. The van der Waals surface area contributed by atoms with E-state index >= 15 is 0 Å². The van der Waals surface area contributed by atoms with Crippen molar-refractivity contribution in [3.05, 3.63) is 29.3 Å². The van der Waals surface area contributed by atoms with E-state index in [9.17, 15) is 0 Å². The molecule has 17 heavy (non-hydrogen) atoms. The molecule has 0 aliphatic carbocycles. The summed E-state index contributed by atoms with van der Waals surface area (Å²) in [5.74, 6) is 0.956. The highest BCUT2D eigenvalue weighted by Crippen LogP contribution is 2.37. The van der Waals surface area contributed by atoms with Gasteiger partial charge in [-0.2, -0.15) is 0 Å².